The van der Waals surface area contributed by atoms with Gasteiger partial charge in [0.1, 0.15) is 0 Å². The van der Waals surface area contributed by atoms with E-state index < -0.39 is 0 Å². The van der Waals surface area contributed by atoms with E-state index in [2.05, 4.69) is 25.3 Å². The fourth-order valence-corrected chi connectivity index (χ4v) is 1.88. The first kappa shape index (κ1) is 11.5. The molecule has 0 saturated heterocycles. The maximum absolute atomic E-state index is 9.72. The van der Waals surface area contributed by atoms with Crippen molar-refractivity contribution in [3.63, 3.8) is 0 Å². The fraction of sp³-hybridized carbons (Fsp3) is 0.154. The van der Waals surface area contributed by atoms with Crippen LogP contribution < -0.4 is 5.32 Å². The van der Waals surface area contributed by atoms with Crippen molar-refractivity contribution in [2.75, 3.05) is 5.32 Å². The Balaban J connectivity index is 1.84. The first-order chi connectivity index (χ1) is 9.24. The highest BCUT2D eigenvalue weighted by atomic mass is 16.3. The summed E-state index contributed by atoms with van der Waals surface area (Å²) in [6, 6.07) is 8.07. The summed E-state index contributed by atoms with van der Waals surface area (Å²) in [6.45, 7) is 2.65. The molecule has 0 spiro atoms. The van der Waals surface area contributed by atoms with Crippen LogP contribution in [-0.4, -0.2) is 25.0 Å². The molecule has 19 heavy (non-hydrogen) atoms. The molecule has 96 valence electrons. The molecule has 0 atom stereocenters. The lowest BCUT2D eigenvalue weighted by molar-refractivity contribution is 0.459. The molecule has 0 saturated carbocycles. The summed E-state index contributed by atoms with van der Waals surface area (Å²) in [5.74, 6) is 0.246. The molecule has 0 aliphatic carbocycles. The van der Waals surface area contributed by atoms with E-state index in [4.69, 9.17) is 0 Å². The Bertz CT molecular complexity index is 722. The lowest BCUT2D eigenvalue weighted by atomic mass is 10.1. The van der Waals surface area contributed by atoms with Crippen molar-refractivity contribution in [2.45, 2.75) is 13.5 Å². The number of H-pyrrole nitrogens is 1. The maximum Gasteiger partial charge on any atom is 0.244 e. The first-order valence-corrected chi connectivity index (χ1v) is 5.92. The van der Waals surface area contributed by atoms with E-state index >= 15 is 0 Å². The standard InChI is InChI=1S/C13H13N5O/c1-8-4-2-3-5-9(8)6-14-13-17-11-10(12(19)18-13)15-7-16-11/h2-5,7H,6H2,1H3,(H3,14,15,16,17,18,19). The van der Waals surface area contributed by atoms with Gasteiger partial charge in [0.2, 0.25) is 11.8 Å². The molecule has 0 amide bonds. The van der Waals surface area contributed by atoms with E-state index in [1.807, 2.05) is 31.2 Å². The number of fused-ring (bicyclic) bond motifs is 1. The van der Waals surface area contributed by atoms with E-state index in [0.717, 1.165) is 5.56 Å². The van der Waals surface area contributed by atoms with Crippen molar-refractivity contribution in [1.29, 1.82) is 0 Å². The van der Waals surface area contributed by atoms with Crippen LogP contribution >= 0.6 is 0 Å². The van der Waals surface area contributed by atoms with Crippen LogP contribution in [0.3, 0.4) is 0 Å². The third-order valence-corrected chi connectivity index (χ3v) is 2.96. The Hall–Kier alpha value is -2.63. The number of aromatic hydroxyl groups is 1. The molecule has 1 aromatic carbocycles. The van der Waals surface area contributed by atoms with Crippen LogP contribution in [0.25, 0.3) is 11.2 Å². The van der Waals surface area contributed by atoms with E-state index in [0.29, 0.717) is 23.7 Å². The highest BCUT2D eigenvalue weighted by molar-refractivity contribution is 5.76. The van der Waals surface area contributed by atoms with Crippen molar-refractivity contribution >= 4 is 17.1 Å². The molecule has 2 aromatic heterocycles. The number of benzene rings is 1. The number of imidazole rings is 1. The van der Waals surface area contributed by atoms with Gasteiger partial charge in [0, 0.05) is 6.54 Å². The second-order valence-electron chi connectivity index (χ2n) is 4.25. The van der Waals surface area contributed by atoms with Crippen LogP contribution in [0.2, 0.25) is 0 Å². The van der Waals surface area contributed by atoms with E-state index in [9.17, 15) is 5.11 Å². The van der Waals surface area contributed by atoms with Gasteiger partial charge in [-0.05, 0) is 18.1 Å². The average molecular weight is 255 g/mol. The van der Waals surface area contributed by atoms with Crippen molar-refractivity contribution < 1.29 is 5.11 Å². The molecule has 6 nitrogen and oxygen atoms in total. The largest absolute Gasteiger partial charge is 0.492 e. The number of aromatic nitrogens is 4. The van der Waals surface area contributed by atoms with Crippen LogP contribution in [0.15, 0.2) is 30.6 Å². The average Bonchev–Trinajstić information content (AvgIpc) is 2.87. The van der Waals surface area contributed by atoms with Crippen LogP contribution in [-0.2, 0) is 6.54 Å². The topological polar surface area (TPSA) is 86.7 Å². The highest BCUT2D eigenvalue weighted by Gasteiger charge is 2.08. The lowest BCUT2D eigenvalue weighted by Crippen LogP contribution is -2.05. The number of aryl methyl sites for hydroxylation is 1. The summed E-state index contributed by atoms with van der Waals surface area (Å²) in [5.41, 5.74) is 3.25. The molecular weight excluding hydrogens is 242 g/mol. The van der Waals surface area contributed by atoms with Crippen molar-refractivity contribution in [1.82, 2.24) is 19.9 Å². The van der Waals surface area contributed by atoms with Gasteiger partial charge in [-0.25, -0.2) is 4.98 Å². The van der Waals surface area contributed by atoms with Crippen LogP contribution in [0, 0.1) is 6.92 Å². The number of aromatic amines is 1. The number of nitrogens with one attached hydrogen (secondary N) is 2. The summed E-state index contributed by atoms with van der Waals surface area (Å²) >= 11 is 0. The van der Waals surface area contributed by atoms with Gasteiger partial charge in [-0.2, -0.15) is 9.97 Å². The molecule has 0 aliphatic rings. The van der Waals surface area contributed by atoms with Gasteiger partial charge in [-0.3, -0.25) is 0 Å². The predicted molar refractivity (Wildman–Crippen MR) is 71.9 cm³/mol. The van der Waals surface area contributed by atoms with Crippen LogP contribution in [0.5, 0.6) is 5.88 Å². The normalized spacial score (nSPS) is 10.8. The second-order valence-corrected chi connectivity index (χ2v) is 4.25. The summed E-state index contributed by atoms with van der Waals surface area (Å²) < 4.78 is 0. The zero-order valence-electron chi connectivity index (χ0n) is 10.4. The Morgan fingerprint density at radius 2 is 2.11 bits per heavy atom. The Kier molecular flexibility index (Phi) is 2.75. The fourth-order valence-electron chi connectivity index (χ4n) is 1.88. The minimum absolute atomic E-state index is 0.126. The molecule has 0 aliphatic heterocycles. The summed E-state index contributed by atoms with van der Waals surface area (Å²) in [7, 11) is 0. The maximum atomic E-state index is 9.72. The third-order valence-electron chi connectivity index (χ3n) is 2.96. The van der Waals surface area contributed by atoms with Crippen LogP contribution in [0.4, 0.5) is 5.95 Å². The van der Waals surface area contributed by atoms with Gasteiger partial charge < -0.3 is 15.4 Å². The molecule has 0 unspecified atom stereocenters. The monoisotopic (exact) mass is 255 g/mol. The second kappa shape index (κ2) is 4.56. The first-order valence-electron chi connectivity index (χ1n) is 5.92. The molecular formula is C13H13N5O. The molecule has 3 aromatic rings. The molecule has 3 rings (SSSR count). The minimum Gasteiger partial charge on any atom is -0.492 e. The molecule has 0 bridgehead atoms. The summed E-state index contributed by atoms with van der Waals surface area (Å²) in [6.07, 6.45) is 1.48. The van der Waals surface area contributed by atoms with E-state index in [-0.39, 0.29) is 5.88 Å². The molecule has 3 N–H and O–H groups in total. The number of hydrogen-bond donors (Lipinski definition) is 3. The van der Waals surface area contributed by atoms with E-state index in [1.165, 1.54) is 11.9 Å². The molecule has 2 heterocycles. The number of rotatable bonds is 3. The van der Waals surface area contributed by atoms with Gasteiger partial charge in [-0.15, -0.1) is 0 Å². The smallest absolute Gasteiger partial charge is 0.244 e. The SMILES string of the molecule is Cc1ccccc1CNc1nc(O)c2nc[nH]c2n1. The van der Waals surface area contributed by atoms with Gasteiger partial charge >= 0.3 is 0 Å². The van der Waals surface area contributed by atoms with E-state index in [1.54, 1.807) is 0 Å². The van der Waals surface area contributed by atoms with Crippen molar-refractivity contribution in [3.05, 3.63) is 41.7 Å². The van der Waals surface area contributed by atoms with Crippen LogP contribution in [0.1, 0.15) is 11.1 Å². The zero-order chi connectivity index (χ0) is 13.2. The Labute approximate surface area is 109 Å². The molecule has 6 heteroatoms. The minimum atomic E-state index is -0.126. The Morgan fingerprint density at radius 3 is 2.95 bits per heavy atom. The Morgan fingerprint density at radius 1 is 1.26 bits per heavy atom. The number of hydrogen-bond acceptors (Lipinski definition) is 5. The zero-order valence-corrected chi connectivity index (χ0v) is 10.4. The summed E-state index contributed by atoms with van der Waals surface area (Å²) in [5, 5.41) is 12.8. The van der Waals surface area contributed by atoms with Gasteiger partial charge in [0.05, 0.1) is 6.33 Å². The van der Waals surface area contributed by atoms with Crippen molar-refractivity contribution in [3.8, 4) is 5.88 Å². The lowest BCUT2D eigenvalue weighted by Gasteiger charge is -2.07. The highest BCUT2D eigenvalue weighted by Crippen LogP contribution is 2.19. The number of nitrogens with zero attached hydrogens (tertiary/aromatic N) is 3. The number of anilines is 1. The molecule has 0 radical (unpaired) electrons. The van der Waals surface area contributed by atoms with Gasteiger partial charge in [-0.1, -0.05) is 24.3 Å². The predicted octanol–water partition coefficient (Wildman–Crippen LogP) is 1.98. The quantitative estimate of drug-likeness (QED) is 0.666. The van der Waals surface area contributed by atoms with Gasteiger partial charge in [0.15, 0.2) is 11.2 Å². The van der Waals surface area contributed by atoms with Gasteiger partial charge in [0.25, 0.3) is 0 Å². The summed E-state index contributed by atoms with van der Waals surface area (Å²) in [4.78, 5) is 15.0. The molecule has 0 fully saturated rings. The van der Waals surface area contributed by atoms with Crippen molar-refractivity contribution in [2.24, 2.45) is 0 Å². The third kappa shape index (κ3) is 2.20.